The maximum absolute atomic E-state index is 5.77. The molecule has 8 nitrogen and oxygen atoms in total. The van der Waals surface area contributed by atoms with Gasteiger partial charge in [0.15, 0.2) is 0 Å². The molecule has 0 radical (unpaired) electrons. The van der Waals surface area contributed by atoms with E-state index < -0.39 is 0 Å². The van der Waals surface area contributed by atoms with E-state index in [9.17, 15) is 0 Å². The second-order valence-electron chi connectivity index (χ2n) is 6.23. The van der Waals surface area contributed by atoms with Crippen molar-refractivity contribution in [1.82, 2.24) is 25.2 Å². The molecular weight excluding hydrogens is 296 g/mol. The maximum atomic E-state index is 5.77. The Balaban J connectivity index is 1.70. The number of hydrogen-bond donors (Lipinski definition) is 0. The predicted octanol–water partition coefficient (Wildman–Crippen LogP) is 1.85. The van der Waals surface area contributed by atoms with E-state index in [2.05, 4.69) is 32.2 Å². The third kappa shape index (κ3) is 3.36. The summed E-state index contributed by atoms with van der Waals surface area (Å²) in [5.41, 5.74) is 0. The van der Waals surface area contributed by atoms with Crippen LogP contribution in [0.3, 0.4) is 0 Å². The molecule has 0 saturated carbocycles. The van der Waals surface area contributed by atoms with Crippen LogP contribution in [0, 0.1) is 0 Å². The van der Waals surface area contributed by atoms with Crippen LogP contribution in [0.2, 0.25) is 0 Å². The van der Waals surface area contributed by atoms with Crippen molar-refractivity contribution in [2.24, 2.45) is 0 Å². The molecule has 0 aromatic carbocycles. The summed E-state index contributed by atoms with van der Waals surface area (Å²) >= 11 is 0. The summed E-state index contributed by atoms with van der Waals surface area (Å²) in [5.74, 6) is 2.95. The Morgan fingerprint density at radius 3 is 2.74 bits per heavy atom. The number of piperidine rings is 1. The Labute approximate surface area is 135 Å². The van der Waals surface area contributed by atoms with Gasteiger partial charge in [0.05, 0.1) is 12.5 Å². The minimum absolute atomic E-state index is 0.257. The third-order valence-electron chi connectivity index (χ3n) is 4.42. The Morgan fingerprint density at radius 2 is 2.09 bits per heavy atom. The fourth-order valence-corrected chi connectivity index (χ4v) is 2.99. The fourth-order valence-electron chi connectivity index (χ4n) is 2.99. The average molecular weight is 320 g/mol. The van der Waals surface area contributed by atoms with Gasteiger partial charge in [-0.15, -0.1) is 10.2 Å². The average Bonchev–Trinajstić information content (AvgIpc) is 3.18. The van der Waals surface area contributed by atoms with Gasteiger partial charge in [0, 0.05) is 26.6 Å². The Kier molecular flexibility index (Phi) is 4.61. The molecule has 1 fully saturated rings. The number of likely N-dealkylation sites (tertiary alicyclic amines) is 1. The van der Waals surface area contributed by atoms with Crippen LogP contribution in [-0.2, 0) is 13.0 Å². The molecule has 2 atom stereocenters. The van der Waals surface area contributed by atoms with E-state index in [1.54, 1.807) is 0 Å². The van der Waals surface area contributed by atoms with Gasteiger partial charge in [0.2, 0.25) is 17.7 Å². The van der Waals surface area contributed by atoms with Crippen molar-refractivity contribution < 1.29 is 8.94 Å². The molecular formula is C15H24N6O2. The normalized spacial score (nSPS) is 22.4. The van der Waals surface area contributed by atoms with E-state index in [1.807, 2.05) is 25.9 Å². The molecule has 3 rings (SSSR count). The first-order valence-corrected chi connectivity index (χ1v) is 8.14. The highest BCUT2D eigenvalue weighted by molar-refractivity contribution is 5.23. The van der Waals surface area contributed by atoms with Crippen molar-refractivity contribution in [1.29, 1.82) is 0 Å². The van der Waals surface area contributed by atoms with Crippen molar-refractivity contribution in [3.63, 3.8) is 0 Å². The molecule has 0 unspecified atom stereocenters. The quantitative estimate of drug-likeness (QED) is 0.825. The van der Waals surface area contributed by atoms with E-state index in [-0.39, 0.29) is 5.92 Å². The van der Waals surface area contributed by atoms with E-state index in [0.717, 1.165) is 31.7 Å². The highest BCUT2D eigenvalue weighted by Crippen LogP contribution is 2.32. The van der Waals surface area contributed by atoms with Gasteiger partial charge in [-0.2, -0.15) is 4.98 Å². The summed E-state index contributed by atoms with van der Waals surface area (Å²) in [6.45, 7) is 5.87. The summed E-state index contributed by atoms with van der Waals surface area (Å²) in [7, 11) is 3.80. The first-order valence-electron chi connectivity index (χ1n) is 8.14. The van der Waals surface area contributed by atoms with E-state index >= 15 is 0 Å². The van der Waals surface area contributed by atoms with Crippen LogP contribution in [0.4, 0.5) is 5.95 Å². The number of aromatic nitrogens is 4. The van der Waals surface area contributed by atoms with Gasteiger partial charge in [0.25, 0.3) is 5.95 Å². The molecule has 0 spiro atoms. The topological polar surface area (TPSA) is 84.3 Å². The van der Waals surface area contributed by atoms with Gasteiger partial charge in [-0.05, 0) is 31.5 Å². The monoisotopic (exact) mass is 320 g/mol. The van der Waals surface area contributed by atoms with E-state index in [4.69, 9.17) is 8.94 Å². The zero-order chi connectivity index (χ0) is 16.4. The number of hydrogen-bond acceptors (Lipinski definition) is 8. The summed E-state index contributed by atoms with van der Waals surface area (Å²) in [6.07, 6.45) is 2.93. The van der Waals surface area contributed by atoms with Crippen LogP contribution < -0.4 is 4.90 Å². The van der Waals surface area contributed by atoms with Crippen LogP contribution in [0.5, 0.6) is 0 Å². The highest BCUT2D eigenvalue weighted by atomic mass is 16.5. The molecule has 0 bridgehead atoms. The lowest BCUT2D eigenvalue weighted by Gasteiger charge is -2.36. The van der Waals surface area contributed by atoms with Crippen LogP contribution in [0.15, 0.2) is 8.94 Å². The number of nitrogens with zero attached hydrogens (tertiary/aromatic N) is 6. The Morgan fingerprint density at radius 1 is 1.26 bits per heavy atom. The molecule has 1 saturated heterocycles. The lowest BCUT2D eigenvalue weighted by atomic mass is 9.90. The lowest BCUT2D eigenvalue weighted by molar-refractivity contribution is 0.105. The second kappa shape index (κ2) is 6.66. The molecule has 0 aliphatic carbocycles. The zero-order valence-corrected chi connectivity index (χ0v) is 14.2. The van der Waals surface area contributed by atoms with Crippen molar-refractivity contribution in [3.8, 4) is 0 Å². The Hall–Kier alpha value is -1.96. The van der Waals surface area contributed by atoms with Crippen molar-refractivity contribution in [2.45, 2.75) is 51.6 Å². The lowest BCUT2D eigenvalue weighted by Crippen LogP contribution is -2.41. The number of rotatable bonds is 5. The second-order valence-corrected chi connectivity index (χ2v) is 6.23. The minimum Gasteiger partial charge on any atom is -0.425 e. The maximum Gasteiger partial charge on any atom is 0.265 e. The largest absolute Gasteiger partial charge is 0.425 e. The SMILES string of the molecule is CCc1nnc([C@H]2CCCN(Cc3nc(N(C)C)no3)[C@H]2C)o1. The fraction of sp³-hybridized carbons (Fsp3) is 0.733. The van der Waals surface area contributed by atoms with Crippen LogP contribution in [0.25, 0.3) is 0 Å². The molecule has 8 heteroatoms. The number of aryl methyl sites for hydroxylation is 1. The third-order valence-corrected chi connectivity index (χ3v) is 4.42. The van der Waals surface area contributed by atoms with Gasteiger partial charge < -0.3 is 13.8 Å². The summed E-state index contributed by atoms with van der Waals surface area (Å²) in [5, 5.41) is 12.3. The molecule has 0 amide bonds. The first kappa shape index (κ1) is 15.9. The van der Waals surface area contributed by atoms with E-state index in [1.165, 1.54) is 0 Å². The summed E-state index contributed by atoms with van der Waals surface area (Å²) in [6, 6.07) is 0.295. The first-order chi connectivity index (χ1) is 11.1. The van der Waals surface area contributed by atoms with Gasteiger partial charge in [-0.25, -0.2) is 0 Å². The molecule has 3 heterocycles. The molecule has 2 aromatic heterocycles. The van der Waals surface area contributed by atoms with Crippen molar-refractivity contribution >= 4 is 5.95 Å². The Bertz CT molecular complexity index is 637. The van der Waals surface area contributed by atoms with Crippen LogP contribution in [0.1, 0.15) is 50.3 Å². The number of anilines is 1. The van der Waals surface area contributed by atoms with Crippen LogP contribution in [-0.4, -0.2) is 51.9 Å². The summed E-state index contributed by atoms with van der Waals surface area (Å²) in [4.78, 5) is 8.59. The highest BCUT2D eigenvalue weighted by Gasteiger charge is 2.33. The van der Waals surface area contributed by atoms with Gasteiger partial charge in [0.1, 0.15) is 0 Å². The van der Waals surface area contributed by atoms with Gasteiger partial charge >= 0.3 is 0 Å². The van der Waals surface area contributed by atoms with Gasteiger partial charge in [-0.3, -0.25) is 4.90 Å². The summed E-state index contributed by atoms with van der Waals surface area (Å²) < 4.78 is 11.1. The van der Waals surface area contributed by atoms with Crippen molar-refractivity contribution in [2.75, 3.05) is 25.5 Å². The predicted molar refractivity (Wildman–Crippen MR) is 84.1 cm³/mol. The molecule has 1 aliphatic heterocycles. The zero-order valence-electron chi connectivity index (χ0n) is 14.2. The molecule has 1 aliphatic rings. The van der Waals surface area contributed by atoms with Crippen molar-refractivity contribution in [3.05, 3.63) is 17.7 Å². The molecule has 23 heavy (non-hydrogen) atoms. The standard InChI is InChI=1S/C15H24N6O2/c1-5-12-17-18-14(22-12)11-7-6-8-21(10(11)2)9-13-16-15(19-23-13)20(3)4/h10-11H,5-9H2,1-4H3/t10-,11-/m0/s1. The van der Waals surface area contributed by atoms with E-state index in [0.29, 0.717) is 30.3 Å². The van der Waals surface area contributed by atoms with Gasteiger partial charge in [-0.1, -0.05) is 6.92 Å². The molecule has 2 aromatic rings. The van der Waals surface area contributed by atoms with Crippen LogP contribution >= 0.6 is 0 Å². The molecule has 0 N–H and O–H groups in total. The molecule has 126 valence electrons. The smallest absolute Gasteiger partial charge is 0.265 e. The minimum atomic E-state index is 0.257.